The normalized spacial score (nSPS) is 21.2. The summed E-state index contributed by atoms with van der Waals surface area (Å²) in [6.07, 6.45) is 8.77. The van der Waals surface area contributed by atoms with Gasteiger partial charge >= 0.3 is 6.03 Å². The van der Waals surface area contributed by atoms with Gasteiger partial charge in [-0.1, -0.05) is 6.07 Å². The molecule has 2 saturated heterocycles. The number of piperidine rings is 2. The molecule has 2 unspecified atom stereocenters. The van der Waals surface area contributed by atoms with Crippen molar-refractivity contribution in [3.63, 3.8) is 0 Å². The number of carbonyl (C=O) groups is 2. The van der Waals surface area contributed by atoms with E-state index >= 15 is 0 Å². The van der Waals surface area contributed by atoms with Gasteiger partial charge in [0.15, 0.2) is 0 Å². The Balaban J connectivity index is 1.26. The SMILES string of the molecule is O=C(NCC1CCCN(C(=O)C2CCCN(c3cnccn3)C2)C1)Nc1cccc(F)c1. The lowest BCUT2D eigenvalue weighted by Gasteiger charge is -2.38. The van der Waals surface area contributed by atoms with E-state index in [2.05, 4.69) is 25.5 Å². The number of carbonyl (C=O) groups excluding carboxylic acids is 2. The summed E-state index contributed by atoms with van der Waals surface area (Å²) in [5, 5.41) is 5.50. The molecule has 8 nitrogen and oxygen atoms in total. The minimum Gasteiger partial charge on any atom is -0.355 e. The van der Waals surface area contributed by atoms with Crippen molar-refractivity contribution in [1.29, 1.82) is 0 Å². The van der Waals surface area contributed by atoms with Gasteiger partial charge in [0.2, 0.25) is 5.91 Å². The smallest absolute Gasteiger partial charge is 0.319 e. The Morgan fingerprint density at radius 2 is 2.00 bits per heavy atom. The van der Waals surface area contributed by atoms with Gasteiger partial charge in [-0.05, 0) is 49.8 Å². The fourth-order valence-corrected chi connectivity index (χ4v) is 4.51. The van der Waals surface area contributed by atoms with Crippen LogP contribution in [0.4, 0.5) is 20.7 Å². The first kappa shape index (κ1) is 22.0. The van der Waals surface area contributed by atoms with E-state index in [1.54, 1.807) is 30.7 Å². The predicted molar refractivity (Wildman–Crippen MR) is 120 cm³/mol. The summed E-state index contributed by atoms with van der Waals surface area (Å²) in [5.41, 5.74) is 0.410. The lowest BCUT2D eigenvalue weighted by Crippen LogP contribution is -2.49. The second-order valence-corrected chi connectivity index (χ2v) is 8.49. The molecule has 32 heavy (non-hydrogen) atoms. The molecule has 4 rings (SSSR count). The van der Waals surface area contributed by atoms with Crippen LogP contribution in [0, 0.1) is 17.7 Å². The number of urea groups is 1. The Hall–Kier alpha value is -3.23. The third kappa shape index (κ3) is 5.72. The van der Waals surface area contributed by atoms with Crippen LogP contribution in [0.25, 0.3) is 0 Å². The third-order valence-corrected chi connectivity index (χ3v) is 6.11. The third-order valence-electron chi connectivity index (χ3n) is 6.11. The number of hydrogen-bond donors (Lipinski definition) is 2. The Bertz CT molecular complexity index is 928. The van der Waals surface area contributed by atoms with Gasteiger partial charge in [0.1, 0.15) is 11.6 Å². The highest BCUT2D eigenvalue weighted by Crippen LogP contribution is 2.25. The van der Waals surface area contributed by atoms with Crippen molar-refractivity contribution in [2.75, 3.05) is 42.9 Å². The van der Waals surface area contributed by atoms with Crippen LogP contribution in [-0.2, 0) is 4.79 Å². The van der Waals surface area contributed by atoms with E-state index in [1.807, 2.05) is 4.90 Å². The van der Waals surface area contributed by atoms with Crippen molar-refractivity contribution >= 4 is 23.4 Å². The molecule has 0 spiro atoms. The van der Waals surface area contributed by atoms with E-state index in [4.69, 9.17) is 0 Å². The number of aromatic nitrogens is 2. The molecule has 0 radical (unpaired) electrons. The molecule has 9 heteroatoms. The van der Waals surface area contributed by atoms with Crippen LogP contribution < -0.4 is 15.5 Å². The zero-order chi connectivity index (χ0) is 22.3. The maximum atomic E-state index is 13.3. The molecule has 2 aliphatic rings. The number of halogens is 1. The zero-order valence-corrected chi connectivity index (χ0v) is 18.0. The first-order chi connectivity index (χ1) is 15.6. The fraction of sp³-hybridized carbons (Fsp3) is 0.478. The largest absolute Gasteiger partial charge is 0.355 e. The molecule has 170 valence electrons. The lowest BCUT2D eigenvalue weighted by molar-refractivity contribution is -0.137. The maximum Gasteiger partial charge on any atom is 0.319 e. The summed E-state index contributed by atoms with van der Waals surface area (Å²) in [7, 11) is 0. The van der Waals surface area contributed by atoms with Crippen molar-refractivity contribution in [3.8, 4) is 0 Å². The van der Waals surface area contributed by atoms with Crippen molar-refractivity contribution in [1.82, 2.24) is 20.2 Å². The van der Waals surface area contributed by atoms with Crippen molar-refractivity contribution < 1.29 is 14.0 Å². The molecule has 0 bridgehead atoms. The van der Waals surface area contributed by atoms with Crippen LogP contribution in [0.15, 0.2) is 42.9 Å². The first-order valence-corrected chi connectivity index (χ1v) is 11.2. The maximum absolute atomic E-state index is 13.3. The molecule has 1 aromatic heterocycles. The van der Waals surface area contributed by atoms with Gasteiger partial charge in [-0.2, -0.15) is 0 Å². The monoisotopic (exact) mass is 440 g/mol. The molecule has 1 aromatic carbocycles. The van der Waals surface area contributed by atoms with Crippen molar-refractivity contribution in [3.05, 3.63) is 48.7 Å². The molecule has 2 aromatic rings. The average molecular weight is 441 g/mol. The molecule has 2 fully saturated rings. The van der Waals surface area contributed by atoms with Gasteiger partial charge in [-0.3, -0.25) is 9.78 Å². The van der Waals surface area contributed by atoms with E-state index in [0.29, 0.717) is 25.3 Å². The van der Waals surface area contributed by atoms with Crippen molar-refractivity contribution in [2.24, 2.45) is 11.8 Å². The molecule has 0 saturated carbocycles. The van der Waals surface area contributed by atoms with Gasteiger partial charge in [0.25, 0.3) is 0 Å². The van der Waals surface area contributed by atoms with Crippen molar-refractivity contribution in [2.45, 2.75) is 25.7 Å². The van der Waals surface area contributed by atoms with Crippen LogP contribution in [0.3, 0.4) is 0 Å². The molecule has 2 atom stereocenters. The summed E-state index contributed by atoms with van der Waals surface area (Å²) < 4.78 is 13.3. The molecule has 2 aliphatic heterocycles. The number of nitrogens with one attached hydrogen (secondary N) is 2. The Kier molecular flexibility index (Phi) is 7.14. The first-order valence-electron chi connectivity index (χ1n) is 11.2. The van der Waals surface area contributed by atoms with Crippen LogP contribution in [0.2, 0.25) is 0 Å². The van der Waals surface area contributed by atoms with E-state index in [0.717, 1.165) is 44.6 Å². The number of hydrogen-bond acceptors (Lipinski definition) is 5. The highest BCUT2D eigenvalue weighted by atomic mass is 19.1. The standard InChI is InChI=1S/C23H29FN6O2/c24-19-6-1-7-20(12-19)28-23(32)27-13-17-4-2-11-30(15-17)22(31)18-5-3-10-29(16-18)21-14-25-8-9-26-21/h1,6-9,12,14,17-18H,2-5,10-11,13,15-16H2,(H2,27,28,32). The Morgan fingerprint density at radius 1 is 1.12 bits per heavy atom. The zero-order valence-electron chi connectivity index (χ0n) is 18.0. The summed E-state index contributed by atoms with van der Waals surface area (Å²) >= 11 is 0. The number of rotatable bonds is 5. The minimum atomic E-state index is -0.398. The van der Waals surface area contributed by atoms with E-state index in [1.165, 1.54) is 12.1 Å². The van der Waals surface area contributed by atoms with Crippen LogP contribution >= 0.6 is 0 Å². The summed E-state index contributed by atoms with van der Waals surface area (Å²) in [6.45, 7) is 3.41. The lowest BCUT2D eigenvalue weighted by atomic mass is 9.93. The van der Waals surface area contributed by atoms with Gasteiger partial charge in [0.05, 0.1) is 12.1 Å². The fourth-order valence-electron chi connectivity index (χ4n) is 4.51. The Labute approximate surface area is 187 Å². The summed E-state index contributed by atoms with van der Waals surface area (Å²) in [5.74, 6) is 0.756. The summed E-state index contributed by atoms with van der Waals surface area (Å²) in [4.78, 5) is 38.0. The highest BCUT2D eigenvalue weighted by Gasteiger charge is 2.32. The van der Waals surface area contributed by atoms with Crippen LogP contribution in [-0.4, -0.2) is 59.5 Å². The van der Waals surface area contributed by atoms with Gasteiger partial charge in [0, 0.05) is 50.8 Å². The second-order valence-electron chi connectivity index (χ2n) is 8.49. The average Bonchev–Trinajstić information content (AvgIpc) is 2.83. The van der Waals surface area contributed by atoms with Crippen LogP contribution in [0.5, 0.6) is 0 Å². The number of nitrogens with zero attached hydrogens (tertiary/aromatic N) is 4. The van der Waals surface area contributed by atoms with E-state index in [-0.39, 0.29) is 23.8 Å². The minimum absolute atomic E-state index is 0.0475. The molecule has 3 amide bonds. The van der Waals surface area contributed by atoms with Gasteiger partial charge in [-0.25, -0.2) is 14.2 Å². The predicted octanol–water partition coefficient (Wildman–Crippen LogP) is 2.89. The molecule has 0 aliphatic carbocycles. The highest BCUT2D eigenvalue weighted by molar-refractivity contribution is 5.89. The Morgan fingerprint density at radius 3 is 2.81 bits per heavy atom. The molecular weight excluding hydrogens is 411 g/mol. The quantitative estimate of drug-likeness (QED) is 0.746. The van der Waals surface area contributed by atoms with Gasteiger partial charge < -0.3 is 20.4 Å². The molecule has 2 N–H and O–H groups in total. The summed E-state index contributed by atoms with van der Waals surface area (Å²) in [6, 6.07) is 5.42. The number of benzene rings is 1. The molecule has 3 heterocycles. The number of anilines is 2. The number of likely N-dealkylation sites (tertiary alicyclic amines) is 1. The van der Waals surface area contributed by atoms with Crippen LogP contribution in [0.1, 0.15) is 25.7 Å². The molecular formula is C23H29FN6O2. The second kappa shape index (κ2) is 10.4. The van der Waals surface area contributed by atoms with E-state index < -0.39 is 5.82 Å². The van der Waals surface area contributed by atoms with E-state index in [9.17, 15) is 14.0 Å². The topological polar surface area (TPSA) is 90.5 Å². The number of amides is 3. The van der Waals surface area contributed by atoms with Gasteiger partial charge in [-0.15, -0.1) is 0 Å².